The summed E-state index contributed by atoms with van der Waals surface area (Å²) in [5, 5.41) is 3.45. The Hall–Kier alpha value is -1.26. The second kappa shape index (κ2) is 7.14. The van der Waals surface area contributed by atoms with E-state index < -0.39 is 0 Å². The molecule has 21 heavy (non-hydrogen) atoms. The number of amides is 2. The summed E-state index contributed by atoms with van der Waals surface area (Å²) >= 11 is 12.0. The highest BCUT2D eigenvalue weighted by Gasteiger charge is 2.24. The van der Waals surface area contributed by atoms with Gasteiger partial charge in [0.05, 0.1) is 15.7 Å². The van der Waals surface area contributed by atoms with Crippen molar-refractivity contribution < 1.29 is 9.59 Å². The molecule has 0 bridgehead atoms. The van der Waals surface area contributed by atoms with Crippen molar-refractivity contribution in [2.75, 3.05) is 11.9 Å². The maximum Gasteiger partial charge on any atom is 0.226 e. The van der Waals surface area contributed by atoms with Gasteiger partial charge < -0.3 is 10.2 Å². The number of halogens is 2. The molecule has 0 aliphatic heterocycles. The molecule has 1 aromatic rings. The van der Waals surface area contributed by atoms with E-state index in [1.54, 1.807) is 23.1 Å². The van der Waals surface area contributed by atoms with Gasteiger partial charge >= 0.3 is 0 Å². The maximum absolute atomic E-state index is 12.0. The van der Waals surface area contributed by atoms with Crippen LogP contribution < -0.4 is 5.32 Å². The van der Waals surface area contributed by atoms with E-state index in [1.807, 2.05) is 20.8 Å². The number of hydrogen-bond acceptors (Lipinski definition) is 2. The molecule has 0 aliphatic carbocycles. The summed E-state index contributed by atoms with van der Waals surface area (Å²) in [5.41, 5.74) is 0.0738. The van der Waals surface area contributed by atoms with E-state index >= 15 is 0 Å². The van der Waals surface area contributed by atoms with Gasteiger partial charge in [-0.15, -0.1) is 0 Å². The Bertz CT molecular complexity index is 519. The van der Waals surface area contributed by atoms with E-state index in [4.69, 9.17) is 23.2 Å². The smallest absolute Gasteiger partial charge is 0.226 e. The molecule has 0 atom stereocenters. The lowest BCUT2D eigenvalue weighted by molar-refractivity contribution is -0.134. The van der Waals surface area contributed by atoms with Crippen LogP contribution in [0.4, 0.5) is 5.69 Å². The third-order valence-electron chi connectivity index (χ3n) is 2.98. The fraction of sp³-hybridized carbons (Fsp3) is 0.467. The Morgan fingerprint density at radius 2 is 1.71 bits per heavy atom. The number of carbonyl (C=O) groups is 2. The van der Waals surface area contributed by atoms with Crippen molar-refractivity contribution in [1.82, 2.24) is 4.90 Å². The summed E-state index contributed by atoms with van der Waals surface area (Å²) in [6.07, 6.45) is 0.179. The molecule has 0 aliphatic rings. The lowest BCUT2D eigenvalue weighted by atomic mass is 10.1. The minimum Gasteiger partial charge on any atom is -0.338 e. The van der Waals surface area contributed by atoms with E-state index in [9.17, 15) is 9.59 Å². The van der Waals surface area contributed by atoms with Crippen molar-refractivity contribution in [3.8, 4) is 0 Å². The topological polar surface area (TPSA) is 49.4 Å². The zero-order chi connectivity index (χ0) is 16.2. The number of para-hydroxylation sites is 1. The summed E-state index contributed by atoms with van der Waals surface area (Å²) < 4.78 is 0. The predicted molar refractivity (Wildman–Crippen MR) is 86.8 cm³/mol. The van der Waals surface area contributed by atoms with Gasteiger partial charge in [0.25, 0.3) is 0 Å². The van der Waals surface area contributed by atoms with Crippen LogP contribution in [0.15, 0.2) is 18.2 Å². The van der Waals surface area contributed by atoms with Crippen LogP contribution in [-0.4, -0.2) is 28.8 Å². The van der Waals surface area contributed by atoms with E-state index in [1.165, 1.54) is 6.92 Å². The zero-order valence-corrected chi connectivity index (χ0v) is 14.2. The van der Waals surface area contributed by atoms with Gasteiger partial charge in [-0.3, -0.25) is 9.59 Å². The van der Waals surface area contributed by atoms with Gasteiger partial charge in [-0.05, 0) is 32.9 Å². The van der Waals surface area contributed by atoms with Crippen LogP contribution in [0.25, 0.3) is 0 Å². The van der Waals surface area contributed by atoms with Crippen molar-refractivity contribution in [3.63, 3.8) is 0 Å². The summed E-state index contributed by atoms with van der Waals surface area (Å²) in [5.74, 6) is -0.299. The fourth-order valence-electron chi connectivity index (χ4n) is 2.00. The molecule has 116 valence electrons. The Balaban J connectivity index is 2.68. The third-order valence-corrected chi connectivity index (χ3v) is 3.61. The first-order chi connectivity index (χ1) is 9.62. The molecular formula is C15H20Cl2N2O2. The molecule has 2 amide bonds. The first-order valence-electron chi connectivity index (χ1n) is 6.65. The molecule has 0 aromatic heterocycles. The molecule has 0 fully saturated rings. The molecule has 1 aromatic carbocycles. The van der Waals surface area contributed by atoms with Gasteiger partial charge in [0, 0.05) is 25.4 Å². The highest BCUT2D eigenvalue weighted by atomic mass is 35.5. The van der Waals surface area contributed by atoms with E-state index in [0.29, 0.717) is 22.3 Å². The standard InChI is InChI=1S/C15H20Cl2N2O2/c1-10(20)19(15(2,3)4)9-8-13(21)18-14-11(16)6-5-7-12(14)17/h5-7H,8-9H2,1-4H3,(H,18,21). The van der Waals surface area contributed by atoms with Crippen molar-refractivity contribution in [1.29, 1.82) is 0 Å². The maximum atomic E-state index is 12.0. The number of nitrogens with zero attached hydrogens (tertiary/aromatic N) is 1. The zero-order valence-electron chi connectivity index (χ0n) is 12.7. The van der Waals surface area contributed by atoms with Crippen LogP contribution in [0.3, 0.4) is 0 Å². The van der Waals surface area contributed by atoms with Crippen molar-refractivity contribution >= 4 is 40.7 Å². The van der Waals surface area contributed by atoms with Gasteiger partial charge in [-0.25, -0.2) is 0 Å². The first kappa shape index (κ1) is 17.8. The van der Waals surface area contributed by atoms with Gasteiger partial charge in [0.1, 0.15) is 0 Å². The average molecular weight is 331 g/mol. The lowest BCUT2D eigenvalue weighted by Gasteiger charge is -2.34. The Morgan fingerprint density at radius 1 is 1.19 bits per heavy atom. The molecule has 6 heteroatoms. The van der Waals surface area contributed by atoms with Gasteiger partial charge in [-0.1, -0.05) is 29.3 Å². The second-order valence-electron chi connectivity index (χ2n) is 5.74. The summed E-state index contributed by atoms with van der Waals surface area (Å²) in [6.45, 7) is 7.62. The highest BCUT2D eigenvalue weighted by molar-refractivity contribution is 6.39. The van der Waals surface area contributed by atoms with Crippen LogP contribution in [0.1, 0.15) is 34.1 Å². The SMILES string of the molecule is CC(=O)N(CCC(=O)Nc1c(Cl)cccc1Cl)C(C)(C)C. The number of anilines is 1. The van der Waals surface area contributed by atoms with E-state index in [2.05, 4.69) is 5.32 Å². The molecule has 0 heterocycles. The Kier molecular flexibility index (Phi) is 6.05. The number of rotatable bonds is 4. The number of benzene rings is 1. The minimum atomic E-state index is -0.325. The molecule has 1 N–H and O–H groups in total. The third kappa shape index (κ3) is 5.21. The van der Waals surface area contributed by atoms with Crippen LogP contribution in [0.2, 0.25) is 10.0 Å². The minimum absolute atomic E-state index is 0.0638. The molecule has 0 unspecified atom stereocenters. The van der Waals surface area contributed by atoms with Crippen LogP contribution in [0.5, 0.6) is 0 Å². The van der Waals surface area contributed by atoms with Gasteiger partial charge in [-0.2, -0.15) is 0 Å². The molecule has 0 radical (unpaired) electrons. The van der Waals surface area contributed by atoms with Crippen LogP contribution >= 0.6 is 23.2 Å². The monoisotopic (exact) mass is 330 g/mol. The lowest BCUT2D eigenvalue weighted by Crippen LogP contribution is -2.45. The molecular weight excluding hydrogens is 311 g/mol. The quantitative estimate of drug-likeness (QED) is 0.907. The molecule has 0 saturated carbocycles. The van der Waals surface area contributed by atoms with Crippen molar-refractivity contribution in [3.05, 3.63) is 28.2 Å². The number of carbonyl (C=O) groups excluding carboxylic acids is 2. The first-order valence-corrected chi connectivity index (χ1v) is 7.40. The largest absolute Gasteiger partial charge is 0.338 e. The molecule has 0 saturated heterocycles. The predicted octanol–water partition coefficient (Wildman–Crippen LogP) is 3.97. The molecule has 1 rings (SSSR count). The van der Waals surface area contributed by atoms with Crippen LogP contribution in [-0.2, 0) is 9.59 Å². The highest BCUT2D eigenvalue weighted by Crippen LogP contribution is 2.29. The summed E-state index contributed by atoms with van der Waals surface area (Å²) in [6, 6.07) is 5.01. The van der Waals surface area contributed by atoms with Crippen LogP contribution in [0, 0.1) is 0 Å². The Morgan fingerprint density at radius 3 is 2.14 bits per heavy atom. The van der Waals surface area contributed by atoms with E-state index in [0.717, 1.165) is 0 Å². The van der Waals surface area contributed by atoms with Gasteiger partial charge in [0.15, 0.2) is 0 Å². The normalized spacial score (nSPS) is 11.1. The molecule has 4 nitrogen and oxygen atoms in total. The van der Waals surface area contributed by atoms with Crippen molar-refractivity contribution in [2.45, 2.75) is 39.7 Å². The summed E-state index contributed by atoms with van der Waals surface area (Å²) in [4.78, 5) is 25.3. The van der Waals surface area contributed by atoms with Crippen molar-refractivity contribution in [2.24, 2.45) is 0 Å². The number of nitrogens with one attached hydrogen (secondary N) is 1. The summed E-state index contributed by atoms with van der Waals surface area (Å²) in [7, 11) is 0. The average Bonchev–Trinajstić information content (AvgIpc) is 2.32. The van der Waals surface area contributed by atoms with Gasteiger partial charge in [0.2, 0.25) is 11.8 Å². The Labute approximate surface area is 135 Å². The van der Waals surface area contributed by atoms with E-state index in [-0.39, 0.29) is 23.8 Å². The molecule has 0 spiro atoms. The second-order valence-corrected chi connectivity index (χ2v) is 6.55. The fourth-order valence-corrected chi connectivity index (χ4v) is 2.49. The number of hydrogen-bond donors (Lipinski definition) is 1.